The van der Waals surface area contributed by atoms with Crippen molar-refractivity contribution in [3.8, 4) is 0 Å². The Labute approximate surface area is 132 Å². The summed E-state index contributed by atoms with van der Waals surface area (Å²) in [5.41, 5.74) is 1.67. The summed E-state index contributed by atoms with van der Waals surface area (Å²) in [5, 5.41) is 14.0. The van der Waals surface area contributed by atoms with Crippen LogP contribution in [0.2, 0.25) is 5.02 Å². The summed E-state index contributed by atoms with van der Waals surface area (Å²) in [6, 6.07) is 11.6. The van der Waals surface area contributed by atoms with E-state index in [1.807, 2.05) is 6.07 Å². The van der Waals surface area contributed by atoms with Gasteiger partial charge in [0.2, 0.25) is 5.91 Å². The molecule has 0 fully saturated rings. The molecule has 22 heavy (non-hydrogen) atoms. The molecule has 2 aromatic rings. The number of hydrogen-bond acceptors (Lipinski definition) is 3. The fourth-order valence-corrected chi connectivity index (χ4v) is 2.05. The normalized spacial score (nSPS) is 10.6. The van der Waals surface area contributed by atoms with E-state index in [1.165, 1.54) is 12.1 Å². The van der Waals surface area contributed by atoms with Crippen LogP contribution >= 0.6 is 11.6 Å². The van der Waals surface area contributed by atoms with Crippen LogP contribution in [0.15, 0.2) is 48.5 Å². The van der Waals surface area contributed by atoms with E-state index in [0.717, 1.165) is 5.56 Å². The molecule has 1 amide bonds. The van der Waals surface area contributed by atoms with Crippen molar-refractivity contribution in [2.24, 2.45) is 0 Å². The van der Waals surface area contributed by atoms with Crippen molar-refractivity contribution in [2.45, 2.75) is 6.92 Å². The zero-order chi connectivity index (χ0) is 16.1. The number of halogens is 1. The van der Waals surface area contributed by atoms with Gasteiger partial charge < -0.3 is 5.32 Å². The predicted octanol–water partition coefficient (Wildman–Crippen LogP) is 4.21. The highest BCUT2D eigenvalue weighted by molar-refractivity contribution is 6.30. The Morgan fingerprint density at radius 2 is 2.05 bits per heavy atom. The molecule has 0 aliphatic heterocycles. The Bertz CT molecular complexity index is 757. The van der Waals surface area contributed by atoms with Gasteiger partial charge >= 0.3 is 0 Å². The van der Waals surface area contributed by atoms with E-state index in [1.54, 1.807) is 43.3 Å². The first-order chi connectivity index (χ1) is 10.5. The lowest BCUT2D eigenvalue weighted by Crippen LogP contribution is -2.08. The number of aryl methyl sites for hydroxylation is 1. The van der Waals surface area contributed by atoms with Gasteiger partial charge in [0.1, 0.15) is 0 Å². The number of amides is 1. The summed E-state index contributed by atoms with van der Waals surface area (Å²) in [7, 11) is 0. The molecular weight excluding hydrogens is 304 g/mol. The SMILES string of the molecule is Cc1ccc(NC(=O)C=Cc2cccc(Cl)c2)cc1[N+](=O)[O-]. The quantitative estimate of drug-likeness (QED) is 0.521. The molecule has 0 aliphatic carbocycles. The number of carbonyl (C=O) groups excluding carboxylic acids is 1. The van der Waals surface area contributed by atoms with Crippen molar-refractivity contribution < 1.29 is 9.72 Å². The summed E-state index contributed by atoms with van der Waals surface area (Å²) < 4.78 is 0. The minimum absolute atomic E-state index is 0.0309. The van der Waals surface area contributed by atoms with Gasteiger partial charge in [0.25, 0.3) is 5.69 Å². The first kappa shape index (κ1) is 15.7. The third-order valence-corrected chi connectivity index (χ3v) is 3.18. The van der Waals surface area contributed by atoms with E-state index in [4.69, 9.17) is 11.6 Å². The molecule has 0 saturated heterocycles. The van der Waals surface area contributed by atoms with Crippen molar-refractivity contribution in [1.29, 1.82) is 0 Å². The fraction of sp³-hybridized carbons (Fsp3) is 0.0625. The summed E-state index contributed by atoms with van der Waals surface area (Å²) in [6.45, 7) is 1.64. The number of anilines is 1. The van der Waals surface area contributed by atoms with E-state index in [-0.39, 0.29) is 11.6 Å². The maximum Gasteiger partial charge on any atom is 0.274 e. The van der Waals surface area contributed by atoms with E-state index in [9.17, 15) is 14.9 Å². The van der Waals surface area contributed by atoms with Gasteiger partial charge in [-0.2, -0.15) is 0 Å². The minimum atomic E-state index is -0.479. The maximum absolute atomic E-state index is 11.8. The topological polar surface area (TPSA) is 72.2 Å². The number of nitro groups is 1. The number of nitrogens with zero attached hydrogens (tertiary/aromatic N) is 1. The zero-order valence-electron chi connectivity index (χ0n) is 11.7. The Balaban J connectivity index is 2.09. The van der Waals surface area contributed by atoms with Crippen LogP contribution in [-0.4, -0.2) is 10.8 Å². The van der Waals surface area contributed by atoms with Gasteiger partial charge in [0, 0.05) is 28.4 Å². The second-order valence-corrected chi connectivity index (χ2v) is 5.07. The third-order valence-electron chi connectivity index (χ3n) is 2.95. The summed E-state index contributed by atoms with van der Waals surface area (Å²) >= 11 is 5.85. The Morgan fingerprint density at radius 3 is 2.73 bits per heavy atom. The molecule has 0 bridgehead atoms. The van der Waals surface area contributed by atoms with Crippen LogP contribution in [0.4, 0.5) is 11.4 Å². The van der Waals surface area contributed by atoms with Crippen LogP contribution in [0, 0.1) is 17.0 Å². The van der Waals surface area contributed by atoms with E-state index in [2.05, 4.69) is 5.32 Å². The average molecular weight is 317 g/mol. The van der Waals surface area contributed by atoms with Crippen molar-refractivity contribution in [1.82, 2.24) is 0 Å². The smallest absolute Gasteiger partial charge is 0.274 e. The molecule has 2 rings (SSSR count). The predicted molar refractivity (Wildman–Crippen MR) is 86.9 cm³/mol. The number of hydrogen-bond donors (Lipinski definition) is 1. The Hall–Kier alpha value is -2.66. The molecule has 0 spiro atoms. The second kappa shape index (κ2) is 6.87. The fourth-order valence-electron chi connectivity index (χ4n) is 1.85. The van der Waals surface area contributed by atoms with Crippen LogP contribution in [0.3, 0.4) is 0 Å². The Morgan fingerprint density at radius 1 is 1.27 bits per heavy atom. The summed E-state index contributed by atoms with van der Waals surface area (Å²) in [4.78, 5) is 22.2. The van der Waals surface area contributed by atoms with Gasteiger partial charge in [-0.25, -0.2) is 0 Å². The standard InChI is InChI=1S/C16H13ClN2O3/c1-11-5-7-14(10-15(11)19(21)22)18-16(20)8-6-12-3-2-4-13(17)9-12/h2-10H,1H3,(H,18,20). The number of nitrogens with one attached hydrogen (secondary N) is 1. The lowest BCUT2D eigenvalue weighted by atomic mass is 10.2. The highest BCUT2D eigenvalue weighted by Crippen LogP contribution is 2.22. The minimum Gasteiger partial charge on any atom is -0.322 e. The number of benzene rings is 2. The van der Waals surface area contributed by atoms with Crippen LogP contribution in [0.1, 0.15) is 11.1 Å². The molecule has 0 aromatic heterocycles. The summed E-state index contributed by atoms with van der Waals surface area (Å²) in [6.07, 6.45) is 2.96. The molecule has 5 nitrogen and oxygen atoms in total. The van der Waals surface area contributed by atoms with E-state index >= 15 is 0 Å². The lowest BCUT2D eigenvalue weighted by molar-refractivity contribution is -0.385. The van der Waals surface area contributed by atoms with E-state index in [0.29, 0.717) is 16.3 Å². The monoisotopic (exact) mass is 316 g/mol. The van der Waals surface area contributed by atoms with Crippen LogP contribution in [0.25, 0.3) is 6.08 Å². The highest BCUT2D eigenvalue weighted by Gasteiger charge is 2.11. The van der Waals surface area contributed by atoms with Crippen molar-refractivity contribution >= 4 is 35.0 Å². The lowest BCUT2D eigenvalue weighted by Gasteiger charge is -2.03. The van der Waals surface area contributed by atoms with Gasteiger partial charge in [-0.3, -0.25) is 14.9 Å². The largest absolute Gasteiger partial charge is 0.322 e. The van der Waals surface area contributed by atoms with Gasteiger partial charge in [0.15, 0.2) is 0 Å². The van der Waals surface area contributed by atoms with Gasteiger partial charge in [-0.05, 0) is 36.8 Å². The first-order valence-corrected chi connectivity index (χ1v) is 6.83. The van der Waals surface area contributed by atoms with Crippen LogP contribution < -0.4 is 5.32 Å². The Kier molecular flexibility index (Phi) is 4.91. The number of nitro benzene ring substituents is 1. The molecule has 0 saturated carbocycles. The average Bonchev–Trinajstić information content (AvgIpc) is 2.47. The molecule has 0 aliphatic rings. The molecule has 0 heterocycles. The molecule has 0 atom stereocenters. The molecular formula is C16H13ClN2O3. The number of rotatable bonds is 4. The molecule has 2 aromatic carbocycles. The van der Waals surface area contributed by atoms with E-state index < -0.39 is 4.92 Å². The van der Waals surface area contributed by atoms with Crippen molar-refractivity contribution in [3.05, 3.63) is 74.8 Å². The van der Waals surface area contributed by atoms with Crippen LogP contribution in [-0.2, 0) is 4.79 Å². The molecule has 0 unspecified atom stereocenters. The van der Waals surface area contributed by atoms with Gasteiger partial charge in [-0.1, -0.05) is 29.8 Å². The molecule has 112 valence electrons. The number of carbonyl (C=O) groups is 1. The zero-order valence-corrected chi connectivity index (χ0v) is 12.5. The van der Waals surface area contributed by atoms with Crippen LogP contribution in [0.5, 0.6) is 0 Å². The molecule has 6 heteroatoms. The highest BCUT2D eigenvalue weighted by atomic mass is 35.5. The molecule has 0 radical (unpaired) electrons. The maximum atomic E-state index is 11.8. The third kappa shape index (κ3) is 4.17. The van der Waals surface area contributed by atoms with Gasteiger partial charge in [-0.15, -0.1) is 0 Å². The van der Waals surface area contributed by atoms with Crippen molar-refractivity contribution in [2.75, 3.05) is 5.32 Å². The summed E-state index contributed by atoms with van der Waals surface area (Å²) in [5.74, 6) is -0.377. The molecule has 1 N–H and O–H groups in total. The van der Waals surface area contributed by atoms with Crippen molar-refractivity contribution in [3.63, 3.8) is 0 Å². The van der Waals surface area contributed by atoms with Gasteiger partial charge in [0.05, 0.1) is 4.92 Å². The second-order valence-electron chi connectivity index (χ2n) is 4.64. The first-order valence-electron chi connectivity index (χ1n) is 6.45.